The number of carbonyl (C=O) groups excluding carboxylic acids is 2. The van der Waals surface area contributed by atoms with Gasteiger partial charge in [0.2, 0.25) is 5.91 Å². The van der Waals surface area contributed by atoms with Crippen LogP contribution in [0.1, 0.15) is 61.0 Å². The van der Waals surface area contributed by atoms with Crippen molar-refractivity contribution in [3.05, 3.63) is 28.8 Å². The lowest BCUT2D eigenvalue weighted by molar-refractivity contribution is -0.134. The van der Waals surface area contributed by atoms with Gasteiger partial charge in [0.25, 0.3) is 5.91 Å². The highest BCUT2D eigenvalue weighted by atomic mass is 16.3. The van der Waals surface area contributed by atoms with Crippen LogP contribution in [0, 0.1) is 11.8 Å². The van der Waals surface area contributed by atoms with E-state index in [4.69, 9.17) is 5.73 Å². The number of nitrogens with two attached hydrogens (primary N) is 1. The SMILES string of the molecule is CC(C)CC(=O)N1CC[C@@H](CO)[C@H](NC(=O)c2cc3c(cc2N)CCCC3)C1. The first-order chi connectivity index (χ1) is 13.4. The Bertz CT molecular complexity index is 732. The van der Waals surface area contributed by atoms with Crippen LogP contribution in [0.4, 0.5) is 5.69 Å². The fraction of sp³-hybridized carbons (Fsp3) is 0.636. The average molecular weight is 388 g/mol. The second-order valence-electron chi connectivity index (χ2n) is 8.66. The van der Waals surface area contributed by atoms with E-state index < -0.39 is 0 Å². The number of nitrogen functional groups attached to an aromatic ring is 1. The molecule has 1 aromatic carbocycles. The molecule has 1 heterocycles. The average Bonchev–Trinajstić information content (AvgIpc) is 2.66. The van der Waals surface area contributed by atoms with Crippen molar-refractivity contribution >= 4 is 17.5 Å². The third kappa shape index (κ3) is 4.66. The number of nitrogens with one attached hydrogen (secondary N) is 1. The molecule has 28 heavy (non-hydrogen) atoms. The van der Waals surface area contributed by atoms with Crippen molar-refractivity contribution in [1.29, 1.82) is 0 Å². The quantitative estimate of drug-likeness (QED) is 0.675. The van der Waals surface area contributed by atoms with Gasteiger partial charge in [-0.25, -0.2) is 0 Å². The number of aliphatic hydroxyl groups is 1. The molecule has 1 aromatic rings. The summed E-state index contributed by atoms with van der Waals surface area (Å²) in [6.07, 6.45) is 5.49. The van der Waals surface area contributed by atoms with E-state index in [1.54, 1.807) is 0 Å². The van der Waals surface area contributed by atoms with Gasteiger partial charge in [-0.1, -0.05) is 13.8 Å². The summed E-state index contributed by atoms with van der Waals surface area (Å²) in [6, 6.07) is 3.60. The van der Waals surface area contributed by atoms with E-state index in [1.807, 2.05) is 30.9 Å². The van der Waals surface area contributed by atoms with Crippen LogP contribution in [-0.2, 0) is 17.6 Å². The standard InChI is InChI=1S/C22H33N3O3/c1-14(2)9-21(27)25-8-7-17(13-26)20(12-25)24-22(28)18-10-15-5-3-4-6-16(15)11-19(18)23/h10-11,14,17,20,26H,3-9,12-13,23H2,1-2H3,(H,24,28)/t17-,20+/m0/s1. The summed E-state index contributed by atoms with van der Waals surface area (Å²) in [5, 5.41) is 12.8. The molecule has 3 rings (SSSR count). The fourth-order valence-corrected chi connectivity index (χ4v) is 4.34. The maximum atomic E-state index is 13.0. The Kier molecular flexibility index (Phi) is 6.60. The fourth-order valence-electron chi connectivity index (χ4n) is 4.34. The largest absolute Gasteiger partial charge is 0.398 e. The van der Waals surface area contributed by atoms with Crippen LogP contribution in [-0.4, -0.2) is 47.6 Å². The maximum Gasteiger partial charge on any atom is 0.253 e. The Hall–Kier alpha value is -2.08. The number of hydrogen-bond acceptors (Lipinski definition) is 4. The van der Waals surface area contributed by atoms with E-state index in [0.717, 1.165) is 19.3 Å². The molecule has 1 aliphatic carbocycles. The summed E-state index contributed by atoms with van der Waals surface area (Å²) in [7, 11) is 0. The first kappa shape index (κ1) is 20.6. The predicted octanol–water partition coefficient (Wildman–Crippen LogP) is 2.13. The number of piperidine rings is 1. The van der Waals surface area contributed by atoms with Crippen LogP contribution in [0.25, 0.3) is 0 Å². The van der Waals surface area contributed by atoms with Crippen LogP contribution in [0.15, 0.2) is 12.1 Å². The van der Waals surface area contributed by atoms with Gasteiger partial charge >= 0.3 is 0 Å². The summed E-state index contributed by atoms with van der Waals surface area (Å²) in [5.41, 5.74) is 9.64. The summed E-state index contributed by atoms with van der Waals surface area (Å²) < 4.78 is 0. The van der Waals surface area contributed by atoms with Crippen molar-refractivity contribution in [1.82, 2.24) is 10.2 Å². The highest BCUT2D eigenvalue weighted by Crippen LogP contribution is 2.27. The molecule has 6 nitrogen and oxygen atoms in total. The normalized spacial score (nSPS) is 22.1. The summed E-state index contributed by atoms with van der Waals surface area (Å²) >= 11 is 0. The van der Waals surface area contributed by atoms with E-state index in [2.05, 4.69) is 5.32 Å². The number of rotatable bonds is 5. The molecule has 1 saturated heterocycles. The molecule has 4 N–H and O–H groups in total. The number of anilines is 1. The van der Waals surface area contributed by atoms with E-state index in [1.165, 1.54) is 17.5 Å². The van der Waals surface area contributed by atoms with Crippen molar-refractivity contribution in [3.8, 4) is 0 Å². The smallest absolute Gasteiger partial charge is 0.253 e. The molecule has 1 fully saturated rings. The highest BCUT2D eigenvalue weighted by molar-refractivity contribution is 5.99. The van der Waals surface area contributed by atoms with E-state index >= 15 is 0 Å². The molecule has 154 valence electrons. The van der Waals surface area contributed by atoms with Crippen LogP contribution in [0.3, 0.4) is 0 Å². The van der Waals surface area contributed by atoms with Crippen molar-refractivity contribution in [2.45, 2.75) is 58.4 Å². The van der Waals surface area contributed by atoms with Crippen molar-refractivity contribution in [3.63, 3.8) is 0 Å². The first-order valence-electron chi connectivity index (χ1n) is 10.5. The van der Waals surface area contributed by atoms with Crippen molar-refractivity contribution in [2.75, 3.05) is 25.4 Å². The highest BCUT2D eigenvalue weighted by Gasteiger charge is 2.32. The van der Waals surface area contributed by atoms with E-state index in [0.29, 0.717) is 43.1 Å². The number of carbonyl (C=O) groups is 2. The van der Waals surface area contributed by atoms with Gasteiger partial charge in [-0.15, -0.1) is 0 Å². The Morgan fingerprint density at radius 1 is 1.25 bits per heavy atom. The monoisotopic (exact) mass is 387 g/mol. The molecule has 0 aromatic heterocycles. The minimum absolute atomic E-state index is 0.00315. The molecule has 0 bridgehead atoms. The molecule has 0 saturated carbocycles. The van der Waals surface area contributed by atoms with Gasteiger partial charge in [-0.3, -0.25) is 9.59 Å². The van der Waals surface area contributed by atoms with Crippen molar-refractivity contribution in [2.24, 2.45) is 11.8 Å². The Morgan fingerprint density at radius 2 is 1.93 bits per heavy atom. The maximum absolute atomic E-state index is 13.0. The lowest BCUT2D eigenvalue weighted by Crippen LogP contribution is -2.55. The molecular weight excluding hydrogens is 354 g/mol. The molecule has 2 atom stereocenters. The lowest BCUT2D eigenvalue weighted by Gasteiger charge is -2.38. The molecule has 0 unspecified atom stereocenters. The van der Waals surface area contributed by atoms with E-state index in [-0.39, 0.29) is 30.4 Å². The third-order valence-corrected chi connectivity index (χ3v) is 6.00. The Balaban J connectivity index is 1.72. The topological polar surface area (TPSA) is 95.7 Å². The number of likely N-dealkylation sites (tertiary alicyclic amines) is 1. The number of amides is 2. The zero-order valence-corrected chi connectivity index (χ0v) is 17.0. The van der Waals surface area contributed by atoms with Gasteiger partial charge in [0, 0.05) is 37.7 Å². The number of hydrogen-bond donors (Lipinski definition) is 3. The van der Waals surface area contributed by atoms with Crippen LogP contribution < -0.4 is 11.1 Å². The van der Waals surface area contributed by atoms with Crippen molar-refractivity contribution < 1.29 is 14.7 Å². The zero-order chi connectivity index (χ0) is 20.3. The predicted molar refractivity (Wildman–Crippen MR) is 110 cm³/mol. The van der Waals surface area contributed by atoms with Crippen LogP contribution >= 0.6 is 0 Å². The van der Waals surface area contributed by atoms with Gasteiger partial charge < -0.3 is 21.1 Å². The molecule has 6 heteroatoms. The number of aryl methyl sites for hydroxylation is 2. The number of nitrogens with zero attached hydrogens (tertiary/aromatic N) is 1. The van der Waals surface area contributed by atoms with Gasteiger partial charge in [0.05, 0.1) is 11.6 Å². The summed E-state index contributed by atoms with van der Waals surface area (Å²) in [4.78, 5) is 27.2. The van der Waals surface area contributed by atoms with Gasteiger partial charge in [0.15, 0.2) is 0 Å². The third-order valence-electron chi connectivity index (χ3n) is 6.00. The number of fused-ring (bicyclic) bond motifs is 1. The summed E-state index contributed by atoms with van der Waals surface area (Å²) in [6.45, 7) is 5.11. The van der Waals surface area contributed by atoms with Crippen LogP contribution in [0.5, 0.6) is 0 Å². The molecule has 0 spiro atoms. The summed E-state index contributed by atoms with van der Waals surface area (Å²) in [5.74, 6) is 0.142. The van der Waals surface area contributed by atoms with Gasteiger partial charge in [-0.05, 0) is 61.3 Å². The molecule has 2 amide bonds. The lowest BCUT2D eigenvalue weighted by atomic mass is 9.88. The second kappa shape index (κ2) is 8.95. The molecule has 1 aliphatic heterocycles. The number of aliphatic hydroxyl groups excluding tert-OH is 1. The van der Waals surface area contributed by atoms with Gasteiger partial charge in [0.1, 0.15) is 0 Å². The minimum atomic E-state index is -0.266. The second-order valence-corrected chi connectivity index (χ2v) is 8.66. The Labute approximate surface area is 167 Å². The van der Waals surface area contributed by atoms with E-state index in [9.17, 15) is 14.7 Å². The molecular formula is C22H33N3O3. The Morgan fingerprint density at radius 3 is 2.57 bits per heavy atom. The van der Waals surface area contributed by atoms with Gasteiger partial charge in [-0.2, -0.15) is 0 Å². The minimum Gasteiger partial charge on any atom is -0.398 e. The molecule has 0 radical (unpaired) electrons. The molecule has 2 aliphatic rings. The zero-order valence-electron chi connectivity index (χ0n) is 17.0. The van der Waals surface area contributed by atoms with Crippen LogP contribution in [0.2, 0.25) is 0 Å². The first-order valence-corrected chi connectivity index (χ1v) is 10.5. The number of benzene rings is 1.